The van der Waals surface area contributed by atoms with Crippen LogP contribution in [-0.2, 0) is 6.42 Å². The second-order valence-electron chi connectivity index (χ2n) is 7.10. The first-order valence-corrected chi connectivity index (χ1v) is 9.51. The molecule has 1 atom stereocenters. The lowest BCUT2D eigenvalue weighted by molar-refractivity contribution is 0.0935. The fraction of sp³-hybridized carbons (Fsp3) is 0.500. The summed E-state index contributed by atoms with van der Waals surface area (Å²) in [5.74, 6) is 1.27. The molecule has 1 aliphatic heterocycles. The van der Waals surface area contributed by atoms with Gasteiger partial charge in [-0.15, -0.1) is 0 Å². The lowest BCUT2D eigenvalue weighted by Gasteiger charge is -2.22. The highest BCUT2D eigenvalue weighted by Crippen LogP contribution is 2.42. The molecule has 2 aliphatic rings. The molecule has 2 aromatic rings. The molecular weight excluding hydrogens is 344 g/mol. The van der Waals surface area contributed by atoms with E-state index in [1.807, 2.05) is 12.1 Å². The van der Waals surface area contributed by atoms with Gasteiger partial charge in [-0.25, -0.2) is 0 Å². The van der Waals surface area contributed by atoms with Gasteiger partial charge in [-0.1, -0.05) is 6.92 Å². The minimum absolute atomic E-state index is 0.0848. The minimum Gasteiger partial charge on any atom is -0.493 e. The Morgan fingerprint density at radius 1 is 1.33 bits per heavy atom. The standard InChI is InChI=1S/C20H26N4O3/c1-4-24-7-5-6-13(24)11-21-20(25)19-15-8-12-9-16(26-2)17(27-3)10-14(12)18(15)22-23-19/h9-10,13H,4-8,11H2,1-3H3,(H,21,25)(H,22,23)/t13-/m0/s1. The Bertz CT molecular complexity index is 861. The molecule has 0 unspecified atom stereocenters. The molecule has 0 spiro atoms. The highest BCUT2D eigenvalue weighted by Gasteiger charge is 2.30. The minimum atomic E-state index is -0.0848. The number of H-pyrrole nitrogens is 1. The van der Waals surface area contributed by atoms with E-state index >= 15 is 0 Å². The summed E-state index contributed by atoms with van der Waals surface area (Å²) >= 11 is 0. The van der Waals surface area contributed by atoms with Crippen LogP contribution in [-0.4, -0.2) is 60.9 Å². The van der Waals surface area contributed by atoms with Crippen molar-refractivity contribution in [3.05, 3.63) is 29.0 Å². The van der Waals surface area contributed by atoms with Crippen molar-refractivity contribution < 1.29 is 14.3 Å². The quantitative estimate of drug-likeness (QED) is 0.695. The van der Waals surface area contributed by atoms with Crippen LogP contribution < -0.4 is 14.8 Å². The fourth-order valence-corrected chi connectivity index (χ4v) is 4.27. The summed E-state index contributed by atoms with van der Waals surface area (Å²) in [6.45, 7) is 4.99. The van der Waals surface area contributed by atoms with Gasteiger partial charge in [0.05, 0.1) is 19.9 Å². The van der Waals surface area contributed by atoms with Gasteiger partial charge in [0, 0.05) is 30.1 Å². The Morgan fingerprint density at radius 2 is 2.11 bits per heavy atom. The maximum absolute atomic E-state index is 12.8. The van der Waals surface area contributed by atoms with Crippen LogP contribution in [0.25, 0.3) is 11.3 Å². The molecule has 2 heterocycles. The molecule has 4 rings (SSSR count). The number of rotatable bonds is 6. The predicted molar refractivity (Wildman–Crippen MR) is 103 cm³/mol. The maximum Gasteiger partial charge on any atom is 0.269 e. The van der Waals surface area contributed by atoms with Gasteiger partial charge < -0.3 is 14.8 Å². The van der Waals surface area contributed by atoms with Crippen molar-refractivity contribution in [2.45, 2.75) is 32.2 Å². The van der Waals surface area contributed by atoms with E-state index in [0.29, 0.717) is 36.2 Å². The molecule has 7 heteroatoms. The van der Waals surface area contributed by atoms with Gasteiger partial charge in [0.2, 0.25) is 0 Å². The summed E-state index contributed by atoms with van der Waals surface area (Å²) in [7, 11) is 3.24. The summed E-state index contributed by atoms with van der Waals surface area (Å²) in [6, 6.07) is 4.33. The van der Waals surface area contributed by atoms with Crippen LogP contribution in [0.3, 0.4) is 0 Å². The number of carbonyl (C=O) groups is 1. The normalized spacial score (nSPS) is 18.3. The summed E-state index contributed by atoms with van der Waals surface area (Å²) in [5.41, 5.74) is 4.41. The number of likely N-dealkylation sites (N-methyl/N-ethyl adjacent to an activating group) is 1. The van der Waals surface area contributed by atoms with Crippen LogP contribution in [0.15, 0.2) is 12.1 Å². The van der Waals surface area contributed by atoms with E-state index < -0.39 is 0 Å². The van der Waals surface area contributed by atoms with Crippen LogP contribution in [0, 0.1) is 0 Å². The monoisotopic (exact) mass is 370 g/mol. The third kappa shape index (κ3) is 3.06. The Balaban J connectivity index is 1.52. The van der Waals surface area contributed by atoms with Gasteiger partial charge in [0.25, 0.3) is 5.91 Å². The Morgan fingerprint density at radius 3 is 2.85 bits per heavy atom. The molecular formula is C20H26N4O3. The Labute approximate surface area is 159 Å². The lowest BCUT2D eigenvalue weighted by Crippen LogP contribution is -2.40. The summed E-state index contributed by atoms with van der Waals surface area (Å²) < 4.78 is 10.8. The Kier molecular flexibility index (Phi) is 4.78. The number of ether oxygens (including phenoxy) is 2. The first kappa shape index (κ1) is 17.9. The molecule has 1 aliphatic carbocycles. The van der Waals surface area contributed by atoms with Gasteiger partial charge in [-0.05, 0) is 43.6 Å². The number of aromatic nitrogens is 2. The van der Waals surface area contributed by atoms with E-state index in [-0.39, 0.29) is 5.91 Å². The number of nitrogens with one attached hydrogen (secondary N) is 2. The number of likely N-dealkylation sites (tertiary alicyclic amines) is 1. The number of methoxy groups -OCH3 is 2. The van der Waals surface area contributed by atoms with Crippen molar-refractivity contribution >= 4 is 5.91 Å². The number of benzene rings is 1. The number of nitrogens with zero attached hydrogens (tertiary/aromatic N) is 2. The highest BCUT2D eigenvalue weighted by atomic mass is 16.5. The van der Waals surface area contributed by atoms with E-state index in [1.165, 1.54) is 6.42 Å². The SMILES string of the molecule is CCN1CCC[C@H]1CNC(=O)c1[nH]nc2c1Cc1cc(OC)c(OC)cc1-2. The molecule has 2 N–H and O–H groups in total. The zero-order valence-electron chi connectivity index (χ0n) is 16.1. The number of hydrogen-bond donors (Lipinski definition) is 2. The predicted octanol–water partition coefficient (Wildman–Crippen LogP) is 2.21. The van der Waals surface area contributed by atoms with Crippen molar-refractivity contribution in [1.29, 1.82) is 0 Å². The molecule has 1 fully saturated rings. The van der Waals surface area contributed by atoms with Crippen LogP contribution in [0.1, 0.15) is 41.4 Å². The van der Waals surface area contributed by atoms with Crippen LogP contribution in [0.5, 0.6) is 11.5 Å². The fourth-order valence-electron chi connectivity index (χ4n) is 4.27. The third-order valence-electron chi connectivity index (χ3n) is 5.73. The molecule has 0 bridgehead atoms. The van der Waals surface area contributed by atoms with Crippen LogP contribution in [0.2, 0.25) is 0 Å². The van der Waals surface area contributed by atoms with Gasteiger partial charge >= 0.3 is 0 Å². The zero-order chi connectivity index (χ0) is 19.0. The molecule has 1 aromatic carbocycles. The van der Waals surface area contributed by atoms with Crippen molar-refractivity contribution in [2.75, 3.05) is 33.9 Å². The van der Waals surface area contributed by atoms with E-state index in [2.05, 4.69) is 27.3 Å². The number of aromatic amines is 1. The topological polar surface area (TPSA) is 79.5 Å². The second kappa shape index (κ2) is 7.23. The average Bonchev–Trinajstić information content (AvgIpc) is 3.39. The van der Waals surface area contributed by atoms with E-state index in [0.717, 1.165) is 41.9 Å². The van der Waals surface area contributed by atoms with Crippen LogP contribution in [0.4, 0.5) is 0 Å². The van der Waals surface area contributed by atoms with Crippen molar-refractivity contribution in [2.24, 2.45) is 0 Å². The third-order valence-corrected chi connectivity index (χ3v) is 5.73. The molecule has 1 saturated heterocycles. The van der Waals surface area contributed by atoms with Gasteiger partial charge in [0.15, 0.2) is 11.5 Å². The first-order chi connectivity index (χ1) is 13.2. The zero-order valence-corrected chi connectivity index (χ0v) is 16.1. The van der Waals surface area contributed by atoms with Gasteiger partial charge in [-0.2, -0.15) is 5.10 Å². The van der Waals surface area contributed by atoms with Gasteiger partial charge in [0.1, 0.15) is 5.69 Å². The molecule has 1 amide bonds. The van der Waals surface area contributed by atoms with E-state index in [9.17, 15) is 4.79 Å². The average molecular weight is 370 g/mol. The second-order valence-corrected chi connectivity index (χ2v) is 7.10. The number of fused-ring (bicyclic) bond motifs is 3. The summed E-state index contributed by atoms with van der Waals surface area (Å²) in [6.07, 6.45) is 3.00. The molecule has 144 valence electrons. The lowest BCUT2D eigenvalue weighted by atomic mass is 10.1. The number of carbonyl (C=O) groups excluding carboxylic acids is 1. The molecule has 0 radical (unpaired) electrons. The molecule has 1 aromatic heterocycles. The highest BCUT2D eigenvalue weighted by molar-refractivity contribution is 5.97. The summed E-state index contributed by atoms with van der Waals surface area (Å²) in [5, 5.41) is 10.4. The van der Waals surface area contributed by atoms with E-state index in [1.54, 1.807) is 14.2 Å². The largest absolute Gasteiger partial charge is 0.493 e. The molecule has 7 nitrogen and oxygen atoms in total. The number of hydrogen-bond acceptors (Lipinski definition) is 5. The maximum atomic E-state index is 12.8. The van der Waals surface area contributed by atoms with Crippen molar-refractivity contribution in [1.82, 2.24) is 20.4 Å². The Hall–Kier alpha value is -2.54. The smallest absolute Gasteiger partial charge is 0.269 e. The first-order valence-electron chi connectivity index (χ1n) is 9.51. The van der Waals surface area contributed by atoms with Gasteiger partial charge in [-0.3, -0.25) is 14.8 Å². The van der Waals surface area contributed by atoms with Crippen LogP contribution >= 0.6 is 0 Å². The number of amides is 1. The summed E-state index contributed by atoms with van der Waals surface area (Å²) in [4.78, 5) is 15.2. The van der Waals surface area contributed by atoms with Crippen molar-refractivity contribution in [3.8, 4) is 22.8 Å². The van der Waals surface area contributed by atoms with Crippen molar-refractivity contribution in [3.63, 3.8) is 0 Å². The molecule has 27 heavy (non-hydrogen) atoms. The van der Waals surface area contributed by atoms with E-state index in [4.69, 9.17) is 9.47 Å². The molecule has 0 saturated carbocycles.